The molecular formula is C52H83NO9P+. The normalized spacial score (nSPS) is 15.2. The molecular weight excluding hydrogens is 814 g/mol. The zero-order valence-corrected chi connectivity index (χ0v) is 40.2. The minimum atomic E-state index is -4.44. The lowest BCUT2D eigenvalue weighted by Crippen LogP contribution is -2.37. The largest absolute Gasteiger partial charge is 0.472 e. The molecule has 0 saturated heterocycles. The lowest BCUT2D eigenvalue weighted by atomic mass is 10.2. The highest BCUT2D eigenvalue weighted by Gasteiger charge is 2.27. The minimum Gasteiger partial charge on any atom is -0.462 e. The number of carbonyl (C=O) groups is 2. The summed E-state index contributed by atoms with van der Waals surface area (Å²) in [7, 11) is 1.34. The van der Waals surface area contributed by atoms with Crippen LogP contribution in [0.4, 0.5) is 0 Å². The van der Waals surface area contributed by atoms with Crippen LogP contribution in [0.15, 0.2) is 134 Å². The number of phosphoric acid groups is 1. The molecule has 63 heavy (non-hydrogen) atoms. The number of likely N-dealkylation sites (N-methyl/N-ethyl adjacent to an activating group) is 1. The highest BCUT2D eigenvalue weighted by atomic mass is 31.2. The lowest BCUT2D eigenvalue weighted by Gasteiger charge is -2.24. The monoisotopic (exact) mass is 897 g/mol. The number of carbonyl (C=O) groups excluding carboxylic acids is 2. The quantitative estimate of drug-likeness (QED) is 0.0155. The van der Waals surface area contributed by atoms with Gasteiger partial charge in [0.15, 0.2) is 6.10 Å². The van der Waals surface area contributed by atoms with Gasteiger partial charge in [0.05, 0.1) is 33.9 Å². The second-order valence-electron chi connectivity index (χ2n) is 15.9. The zero-order valence-electron chi connectivity index (χ0n) is 39.4. The fraction of sp³-hybridized carbons (Fsp3) is 0.538. The third kappa shape index (κ3) is 45.9. The summed E-state index contributed by atoms with van der Waals surface area (Å²) >= 11 is 0. The number of nitrogens with zero attached hydrogens (tertiary/aromatic N) is 1. The molecule has 0 aliphatic rings. The average molecular weight is 897 g/mol. The van der Waals surface area contributed by atoms with E-state index >= 15 is 0 Å². The predicted octanol–water partition coefficient (Wildman–Crippen LogP) is 12.4. The topological polar surface area (TPSA) is 129 Å². The third-order valence-electron chi connectivity index (χ3n) is 8.77. The van der Waals surface area contributed by atoms with Crippen LogP contribution in [0.1, 0.15) is 123 Å². The summed E-state index contributed by atoms with van der Waals surface area (Å²) in [6, 6.07) is 0. The predicted molar refractivity (Wildman–Crippen MR) is 262 cm³/mol. The Bertz CT molecular complexity index is 1540. The highest BCUT2D eigenvalue weighted by Crippen LogP contribution is 2.43. The summed E-state index contributed by atoms with van der Waals surface area (Å²) in [5, 5.41) is 10.0. The second kappa shape index (κ2) is 42.1. The van der Waals surface area contributed by atoms with Crippen LogP contribution in [0.3, 0.4) is 0 Å². The zero-order chi connectivity index (χ0) is 46.5. The molecule has 0 amide bonds. The number of aliphatic hydroxyl groups excluding tert-OH is 1. The fourth-order valence-electron chi connectivity index (χ4n) is 5.16. The first-order chi connectivity index (χ1) is 30.4. The van der Waals surface area contributed by atoms with Crippen LogP contribution < -0.4 is 0 Å². The van der Waals surface area contributed by atoms with Gasteiger partial charge in [-0.2, -0.15) is 0 Å². The summed E-state index contributed by atoms with van der Waals surface area (Å²) in [5.41, 5.74) is 0. The molecule has 0 saturated carbocycles. The SMILES string of the molecule is CC/C=C\C/C=C\CC(O)/C=C/C=C\C/C=C\C/C=C\CCC(=O)OC[C@H](COP(=O)(O)OCC[N+](C)(C)C)OC(=O)CC/C=C\C/C=C\C/C=C\C/C=C\C/C=C\CCCCC. The molecule has 0 fully saturated rings. The van der Waals surface area contributed by atoms with Gasteiger partial charge >= 0.3 is 19.8 Å². The van der Waals surface area contributed by atoms with E-state index < -0.39 is 38.6 Å². The molecule has 0 aliphatic carbocycles. The Balaban J connectivity index is 4.66. The van der Waals surface area contributed by atoms with E-state index in [0.717, 1.165) is 44.9 Å². The van der Waals surface area contributed by atoms with Gasteiger partial charge in [0.25, 0.3) is 0 Å². The van der Waals surface area contributed by atoms with E-state index in [-0.39, 0.29) is 26.1 Å². The molecule has 0 heterocycles. The van der Waals surface area contributed by atoms with Crippen molar-refractivity contribution >= 4 is 19.8 Å². The van der Waals surface area contributed by atoms with Gasteiger partial charge in [-0.05, 0) is 83.5 Å². The summed E-state index contributed by atoms with van der Waals surface area (Å²) in [6.45, 7) is 3.99. The number of unbranched alkanes of at least 4 members (excludes halogenated alkanes) is 3. The summed E-state index contributed by atoms with van der Waals surface area (Å²) in [4.78, 5) is 35.4. The lowest BCUT2D eigenvalue weighted by molar-refractivity contribution is -0.870. The highest BCUT2D eigenvalue weighted by molar-refractivity contribution is 7.47. The van der Waals surface area contributed by atoms with Crippen molar-refractivity contribution in [1.82, 2.24) is 0 Å². The van der Waals surface area contributed by atoms with Crippen molar-refractivity contribution in [2.75, 3.05) is 47.5 Å². The van der Waals surface area contributed by atoms with Crippen LogP contribution in [-0.4, -0.2) is 86.1 Å². The Morgan fingerprint density at radius 2 is 1.08 bits per heavy atom. The van der Waals surface area contributed by atoms with Crippen molar-refractivity contribution in [2.45, 2.75) is 135 Å². The summed E-state index contributed by atoms with van der Waals surface area (Å²) in [5.74, 6) is -1.04. The second-order valence-corrected chi connectivity index (χ2v) is 17.3. The van der Waals surface area contributed by atoms with Crippen molar-refractivity contribution in [1.29, 1.82) is 0 Å². The minimum absolute atomic E-state index is 0.00966. The molecule has 3 atom stereocenters. The van der Waals surface area contributed by atoms with E-state index in [2.05, 4.69) is 80.7 Å². The number of hydrogen-bond donors (Lipinski definition) is 2. The van der Waals surface area contributed by atoms with E-state index in [0.29, 0.717) is 36.7 Å². The molecule has 0 aromatic carbocycles. The fourth-order valence-corrected chi connectivity index (χ4v) is 5.90. The maximum Gasteiger partial charge on any atom is 0.472 e. The summed E-state index contributed by atoms with van der Waals surface area (Å²) < 4.78 is 34.1. The Labute approximate surface area is 382 Å². The number of allylic oxidation sites excluding steroid dienone is 20. The van der Waals surface area contributed by atoms with Crippen molar-refractivity contribution in [3.63, 3.8) is 0 Å². The molecule has 0 bridgehead atoms. The van der Waals surface area contributed by atoms with Gasteiger partial charge in [0.1, 0.15) is 19.8 Å². The summed E-state index contributed by atoms with van der Waals surface area (Å²) in [6.07, 6.45) is 57.0. The Morgan fingerprint density at radius 3 is 1.62 bits per heavy atom. The first-order valence-corrected chi connectivity index (χ1v) is 24.5. The van der Waals surface area contributed by atoms with Gasteiger partial charge in [0, 0.05) is 12.8 Å². The molecule has 0 radical (unpaired) electrons. The molecule has 0 spiro atoms. The molecule has 2 N–H and O–H groups in total. The van der Waals surface area contributed by atoms with E-state index in [9.17, 15) is 24.2 Å². The number of quaternary nitrogens is 1. The maximum absolute atomic E-state index is 12.7. The van der Waals surface area contributed by atoms with Crippen LogP contribution in [0.2, 0.25) is 0 Å². The molecule has 11 heteroatoms. The Morgan fingerprint density at radius 1 is 0.587 bits per heavy atom. The average Bonchev–Trinajstić information content (AvgIpc) is 3.23. The standard InChI is InChI=1S/C52H82NO9P/c1-6-8-10-12-14-15-16-17-18-19-20-21-22-23-24-29-32-36-40-44-52(56)62-50(48-61-63(57,58)60-46-45-53(3,4)5)47-59-51(55)43-39-35-31-28-26-25-27-30-34-38-42-49(54)41-37-33-13-11-9-7-2/h9,11,14-15,17-18,20-21,23-26,30-38,42,49-50,54H,6-8,10,12-13,16,19,22,27-29,39-41,43-48H2,1-5H3/p+1/b11-9-,15-14-,18-17-,21-20-,24-23-,26-25-,34-30-,35-31-,36-32-,37-33-,42-38+/t49?,50-/m1/s1. The van der Waals surface area contributed by atoms with E-state index in [1.54, 1.807) is 6.08 Å². The molecule has 0 aliphatic heterocycles. The molecule has 2 unspecified atom stereocenters. The Kier molecular flexibility index (Phi) is 39.5. The Hall–Kier alpha value is -3.89. The molecule has 0 rings (SSSR count). The van der Waals surface area contributed by atoms with Gasteiger partial charge in [-0.15, -0.1) is 0 Å². The number of hydrogen-bond acceptors (Lipinski definition) is 8. The number of ether oxygens (including phenoxy) is 2. The first-order valence-electron chi connectivity index (χ1n) is 23.0. The van der Waals surface area contributed by atoms with Gasteiger partial charge in [-0.1, -0.05) is 160 Å². The number of esters is 2. The van der Waals surface area contributed by atoms with E-state index in [4.69, 9.17) is 18.5 Å². The number of rotatable bonds is 39. The number of phosphoric ester groups is 1. The van der Waals surface area contributed by atoms with Crippen LogP contribution in [0, 0.1) is 0 Å². The maximum atomic E-state index is 12.7. The number of aliphatic hydroxyl groups is 1. The van der Waals surface area contributed by atoms with Crippen LogP contribution in [-0.2, 0) is 32.7 Å². The van der Waals surface area contributed by atoms with Crippen LogP contribution >= 0.6 is 7.82 Å². The molecule has 0 aromatic heterocycles. The van der Waals surface area contributed by atoms with Gasteiger partial charge < -0.3 is 24.0 Å². The van der Waals surface area contributed by atoms with Crippen molar-refractivity contribution in [3.8, 4) is 0 Å². The van der Waals surface area contributed by atoms with Crippen molar-refractivity contribution in [3.05, 3.63) is 134 Å². The van der Waals surface area contributed by atoms with E-state index in [1.807, 2.05) is 81.9 Å². The smallest absolute Gasteiger partial charge is 0.462 e. The van der Waals surface area contributed by atoms with Crippen LogP contribution in [0.5, 0.6) is 0 Å². The van der Waals surface area contributed by atoms with Gasteiger partial charge in [-0.3, -0.25) is 18.6 Å². The van der Waals surface area contributed by atoms with Gasteiger partial charge in [-0.25, -0.2) is 4.57 Å². The van der Waals surface area contributed by atoms with Crippen molar-refractivity contribution < 1.29 is 47.2 Å². The van der Waals surface area contributed by atoms with Gasteiger partial charge in [0.2, 0.25) is 0 Å². The van der Waals surface area contributed by atoms with Crippen molar-refractivity contribution in [2.24, 2.45) is 0 Å². The van der Waals surface area contributed by atoms with E-state index in [1.165, 1.54) is 25.7 Å². The first kappa shape index (κ1) is 59.1. The van der Waals surface area contributed by atoms with Crippen LogP contribution in [0.25, 0.3) is 0 Å². The molecule has 354 valence electrons. The molecule has 0 aromatic rings. The third-order valence-corrected chi connectivity index (χ3v) is 9.76. The molecule has 10 nitrogen and oxygen atoms in total.